The molecule has 2 aromatic rings. The number of aromatic hydroxyl groups is 1. The van der Waals surface area contributed by atoms with Crippen molar-refractivity contribution >= 4 is 11.6 Å². The van der Waals surface area contributed by atoms with Crippen LogP contribution >= 0.6 is 11.6 Å². The number of methoxy groups -OCH3 is 1. The number of rotatable bonds is 5. The fourth-order valence-electron chi connectivity index (χ4n) is 3.32. The van der Waals surface area contributed by atoms with Crippen LogP contribution in [-0.4, -0.2) is 48.2 Å². The highest BCUT2D eigenvalue weighted by Gasteiger charge is 2.17. The lowest BCUT2D eigenvalue weighted by molar-refractivity contribution is 0.247. The average Bonchev–Trinajstić information content (AvgIpc) is 2.85. The second kappa shape index (κ2) is 8.71. The van der Waals surface area contributed by atoms with Crippen LogP contribution in [-0.2, 0) is 13.1 Å². The van der Waals surface area contributed by atoms with Crippen molar-refractivity contribution in [3.8, 4) is 11.5 Å². The highest BCUT2D eigenvalue weighted by molar-refractivity contribution is 6.32. The van der Waals surface area contributed by atoms with Gasteiger partial charge in [-0.05, 0) is 54.9 Å². The molecule has 26 heavy (non-hydrogen) atoms. The number of ether oxygens (including phenoxy) is 1. The zero-order valence-corrected chi connectivity index (χ0v) is 15.7. The third-order valence-electron chi connectivity index (χ3n) is 4.71. The van der Waals surface area contributed by atoms with Crippen LogP contribution in [0.2, 0.25) is 5.02 Å². The first-order valence-corrected chi connectivity index (χ1v) is 9.17. The Bertz CT molecular complexity index is 739. The van der Waals surface area contributed by atoms with Gasteiger partial charge in [0, 0.05) is 26.2 Å². The fraction of sp³-hybridized carbons (Fsp3) is 0.400. The van der Waals surface area contributed by atoms with Crippen LogP contribution < -0.4 is 4.74 Å². The minimum Gasteiger partial charge on any atom is -0.503 e. The summed E-state index contributed by atoms with van der Waals surface area (Å²) in [6, 6.07) is 10.4. The molecule has 4 nitrogen and oxygen atoms in total. The van der Waals surface area contributed by atoms with E-state index in [1.807, 2.05) is 18.2 Å². The molecule has 3 rings (SSSR count). The van der Waals surface area contributed by atoms with E-state index in [2.05, 4.69) is 9.80 Å². The number of phenols is 1. The van der Waals surface area contributed by atoms with Crippen molar-refractivity contribution in [3.63, 3.8) is 0 Å². The van der Waals surface area contributed by atoms with Crippen molar-refractivity contribution in [1.82, 2.24) is 9.80 Å². The Morgan fingerprint density at radius 1 is 1.00 bits per heavy atom. The van der Waals surface area contributed by atoms with Crippen molar-refractivity contribution in [2.45, 2.75) is 19.5 Å². The SMILES string of the molecule is COc1cc(CN2CCCN(Cc3ccc(F)cc3)CC2)cc(Cl)c1O. The van der Waals surface area contributed by atoms with E-state index in [9.17, 15) is 9.50 Å². The zero-order chi connectivity index (χ0) is 18.5. The fourth-order valence-corrected chi connectivity index (χ4v) is 3.55. The zero-order valence-electron chi connectivity index (χ0n) is 14.9. The van der Waals surface area contributed by atoms with Crippen LogP contribution in [0.15, 0.2) is 36.4 Å². The molecule has 2 aromatic carbocycles. The Balaban J connectivity index is 1.58. The summed E-state index contributed by atoms with van der Waals surface area (Å²) < 4.78 is 18.2. The number of hydrogen-bond acceptors (Lipinski definition) is 4. The number of phenolic OH excluding ortho intramolecular Hbond substituents is 1. The van der Waals surface area contributed by atoms with Gasteiger partial charge in [-0.3, -0.25) is 9.80 Å². The molecule has 0 saturated carbocycles. The van der Waals surface area contributed by atoms with E-state index in [-0.39, 0.29) is 11.6 Å². The first-order chi connectivity index (χ1) is 12.5. The van der Waals surface area contributed by atoms with Gasteiger partial charge in [0.2, 0.25) is 0 Å². The van der Waals surface area contributed by atoms with Gasteiger partial charge in [0.25, 0.3) is 0 Å². The minimum atomic E-state index is -0.196. The molecular formula is C20H24ClFN2O2. The van der Waals surface area contributed by atoms with E-state index >= 15 is 0 Å². The monoisotopic (exact) mass is 378 g/mol. The van der Waals surface area contributed by atoms with Gasteiger partial charge in [-0.2, -0.15) is 0 Å². The summed E-state index contributed by atoms with van der Waals surface area (Å²) in [5.41, 5.74) is 2.16. The van der Waals surface area contributed by atoms with Gasteiger partial charge in [0.15, 0.2) is 11.5 Å². The van der Waals surface area contributed by atoms with Crippen LogP contribution in [0.25, 0.3) is 0 Å². The lowest BCUT2D eigenvalue weighted by Crippen LogP contribution is -2.30. The Hall–Kier alpha value is -1.82. The summed E-state index contributed by atoms with van der Waals surface area (Å²) in [7, 11) is 1.52. The lowest BCUT2D eigenvalue weighted by atomic mass is 10.2. The number of hydrogen-bond donors (Lipinski definition) is 1. The van der Waals surface area contributed by atoms with Crippen molar-refractivity contribution in [2.24, 2.45) is 0 Å². The number of halogens is 2. The van der Waals surface area contributed by atoms with Crippen LogP contribution in [0.3, 0.4) is 0 Å². The molecule has 0 atom stereocenters. The van der Waals surface area contributed by atoms with E-state index in [0.29, 0.717) is 10.8 Å². The second-order valence-electron chi connectivity index (χ2n) is 6.66. The molecule has 1 heterocycles. The maximum atomic E-state index is 13.0. The Morgan fingerprint density at radius 2 is 1.62 bits per heavy atom. The molecule has 1 fully saturated rings. The van der Waals surface area contributed by atoms with Crippen LogP contribution in [0.5, 0.6) is 11.5 Å². The third kappa shape index (κ3) is 4.87. The summed E-state index contributed by atoms with van der Waals surface area (Å²) >= 11 is 6.09. The van der Waals surface area contributed by atoms with Crippen molar-refractivity contribution in [1.29, 1.82) is 0 Å². The average molecular weight is 379 g/mol. The van der Waals surface area contributed by atoms with Gasteiger partial charge in [-0.25, -0.2) is 4.39 Å². The minimum absolute atomic E-state index is 0.0146. The number of nitrogens with zero attached hydrogens (tertiary/aromatic N) is 2. The van der Waals surface area contributed by atoms with E-state index in [1.165, 1.54) is 19.2 Å². The van der Waals surface area contributed by atoms with Crippen LogP contribution in [0, 0.1) is 5.82 Å². The molecule has 0 bridgehead atoms. The molecule has 1 aliphatic heterocycles. The molecule has 0 aromatic heterocycles. The van der Waals surface area contributed by atoms with Gasteiger partial charge < -0.3 is 9.84 Å². The first-order valence-electron chi connectivity index (χ1n) is 8.79. The highest BCUT2D eigenvalue weighted by atomic mass is 35.5. The quantitative estimate of drug-likeness (QED) is 0.856. The maximum absolute atomic E-state index is 13.0. The van der Waals surface area contributed by atoms with E-state index in [4.69, 9.17) is 16.3 Å². The molecular weight excluding hydrogens is 355 g/mol. The molecule has 0 unspecified atom stereocenters. The third-order valence-corrected chi connectivity index (χ3v) is 5.00. The van der Waals surface area contributed by atoms with Gasteiger partial charge in [-0.1, -0.05) is 23.7 Å². The summed E-state index contributed by atoms with van der Waals surface area (Å²) in [6.45, 7) is 5.53. The molecule has 0 radical (unpaired) electrons. The summed E-state index contributed by atoms with van der Waals surface area (Å²) in [5, 5.41) is 10.2. The van der Waals surface area contributed by atoms with Gasteiger partial charge in [0.1, 0.15) is 5.82 Å². The summed E-state index contributed by atoms with van der Waals surface area (Å²) in [4.78, 5) is 4.78. The predicted molar refractivity (Wildman–Crippen MR) is 101 cm³/mol. The summed E-state index contributed by atoms with van der Waals surface area (Å²) in [6.07, 6.45) is 1.07. The number of benzene rings is 2. The van der Waals surface area contributed by atoms with Gasteiger partial charge in [0.05, 0.1) is 12.1 Å². The molecule has 0 amide bonds. The second-order valence-corrected chi connectivity index (χ2v) is 7.07. The normalized spacial score (nSPS) is 16.4. The molecule has 1 aliphatic rings. The molecule has 1 N–H and O–H groups in total. The maximum Gasteiger partial charge on any atom is 0.176 e. The van der Waals surface area contributed by atoms with Gasteiger partial charge >= 0.3 is 0 Å². The van der Waals surface area contributed by atoms with Crippen molar-refractivity contribution in [2.75, 3.05) is 33.3 Å². The Kier molecular flexibility index (Phi) is 6.35. The topological polar surface area (TPSA) is 35.9 Å². The molecule has 140 valence electrons. The molecule has 1 saturated heterocycles. The van der Waals surface area contributed by atoms with Crippen molar-refractivity contribution < 1.29 is 14.2 Å². The summed E-state index contributed by atoms with van der Waals surface area (Å²) in [5.74, 6) is 0.193. The van der Waals surface area contributed by atoms with E-state index < -0.39 is 0 Å². The smallest absolute Gasteiger partial charge is 0.176 e. The van der Waals surface area contributed by atoms with E-state index in [0.717, 1.165) is 56.8 Å². The van der Waals surface area contributed by atoms with E-state index in [1.54, 1.807) is 6.07 Å². The standard InChI is InChI=1S/C20H24ClFN2O2/c1-26-19-12-16(11-18(21)20(19)25)14-24-8-2-7-23(9-10-24)13-15-3-5-17(22)6-4-15/h3-6,11-12,25H,2,7-10,13-14H2,1H3. The lowest BCUT2D eigenvalue weighted by Gasteiger charge is -2.22. The Labute approximate surface area is 158 Å². The van der Waals surface area contributed by atoms with Crippen molar-refractivity contribution in [3.05, 3.63) is 58.4 Å². The van der Waals surface area contributed by atoms with Crippen LogP contribution in [0.4, 0.5) is 4.39 Å². The highest BCUT2D eigenvalue weighted by Crippen LogP contribution is 2.35. The van der Waals surface area contributed by atoms with Crippen LogP contribution in [0.1, 0.15) is 17.5 Å². The first kappa shape index (κ1) is 19.0. The molecule has 0 spiro atoms. The Morgan fingerprint density at radius 3 is 2.23 bits per heavy atom. The molecule has 0 aliphatic carbocycles. The largest absolute Gasteiger partial charge is 0.503 e. The molecule has 6 heteroatoms. The predicted octanol–water partition coefficient (Wildman–Crippen LogP) is 3.90. The van der Waals surface area contributed by atoms with Gasteiger partial charge in [-0.15, -0.1) is 0 Å².